The summed E-state index contributed by atoms with van der Waals surface area (Å²) in [6.45, 7) is 1.25. The number of nitrogen functional groups attached to an aromatic ring is 1. The maximum absolute atomic E-state index is 12.7. The lowest BCUT2D eigenvalue weighted by Gasteiger charge is -2.18. The molecule has 3 aromatic heterocycles. The molecule has 0 aliphatic heterocycles. The molecule has 0 saturated heterocycles. The minimum absolute atomic E-state index is 0.0240. The minimum Gasteiger partial charge on any atom is -0.478 e. The smallest absolute Gasteiger partial charge is 0.337 e. The number of aryl methyl sites for hydroxylation is 2. The van der Waals surface area contributed by atoms with Crippen LogP contribution in [-0.2, 0) is 20.6 Å². The predicted molar refractivity (Wildman–Crippen MR) is 139 cm³/mol. The summed E-state index contributed by atoms with van der Waals surface area (Å²) in [5.74, 6) is -0.142. The van der Waals surface area contributed by atoms with Crippen molar-refractivity contribution in [3.63, 3.8) is 0 Å². The summed E-state index contributed by atoms with van der Waals surface area (Å²) in [7, 11) is 3.26. The number of pyridine rings is 1. The molecule has 0 atom stereocenters. The number of ether oxygens (including phenoxy) is 1. The van der Waals surface area contributed by atoms with Gasteiger partial charge in [0.25, 0.3) is 5.56 Å². The molecule has 0 bridgehead atoms. The highest BCUT2D eigenvalue weighted by Gasteiger charge is 2.42. The van der Waals surface area contributed by atoms with Crippen molar-refractivity contribution in [2.45, 2.75) is 32.2 Å². The van der Waals surface area contributed by atoms with Crippen molar-refractivity contribution in [3.05, 3.63) is 57.0 Å². The number of benzene rings is 1. The van der Waals surface area contributed by atoms with Crippen molar-refractivity contribution in [3.8, 4) is 17.0 Å². The Kier molecular flexibility index (Phi) is 6.11. The average Bonchev–Trinajstić information content (AvgIpc) is 3.41. The molecule has 188 valence electrons. The zero-order valence-corrected chi connectivity index (χ0v) is 21.7. The van der Waals surface area contributed by atoms with E-state index < -0.39 is 5.97 Å². The first-order valence-corrected chi connectivity index (χ1v) is 12.5. The van der Waals surface area contributed by atoms with E-state index in [1.54, 1.807) is 11.7 Å². The maximum atomic E-state index is 12.7. The van der Waals surface area contributed by atoms with Gasteiger partial charge < -0.3 is 24.7 Å². The number of anilines is 1. The number of halogens is 1. The Hall–Kier alpha value is -3.60. The summed E-state index contributed by atoms with van der Waals surface area (Å²) in [6, 6.07) is 7.34. The molecule has 1 fully saturated rings. The Bertz CT molecular complexity index is 1530. The number of carbonyl (C=O) groups is 1. The molecule has 0 unspecified atom stereocenters. The molecule has 1 aromatic carbocycles. The van der Waals surface area contributed by atoms with Crippen LogP contribution in [0.25, 0.3) is 22.2 Å². The SMILES string of the molecule is Cn1ncc(-c2cc(C(=O)O)cn(C)c2=O)c1OCCCC1(Cn2c(N)nc3ccc(Br)cc32)CC1. The molecule has 10 nitrogen and oxygen atoms in total. The van der Waals surface area contributed by atoms with Gasteiger partial charge in [0.2, 0.25) is 11.8 Å². The molecule has 11 heteroatoms. The molecule has 0 spiro atoms. The molecule has 4 aromatic rings. The van der Waals surface area contributed by atoms with Crippen molar-refractivity contribution < 1.29 is 14.6 Å². The van der Waals surface area contributed by atoms with Crippen LogP contribution < -0.4 is 16.0 Å². The number of nitrogens with two attached hydrogens (primary N) is 1. The van der Waals surface area contributed by atoms with E-state index in [9.17, 15) is 14.7 Å². The molecule has 5 rings (SSSR count). The van der Waals surface area contributed by atoms with Crippen LogP contribution in [0.2, 0.25) is 0 Å². The Morgan fingerprint density at radius 1 is 1.25 bits per heavy atom. The molecule has 1 aliphatic rings. The molecule has 1 aliphatic carbocycles. The molecular formula is C25H27BrN6O4. The summed E-state index contributed by atoms with van der Waals surface area (Å²) in [5, 5.41) is 13.6. The van der Waals surface area contributed by atoms with E-state index in [-0.39, 0.29) is 22.1 Å². The summed E-state index contributed by atoms with van der Waals surface area (Å²) in [4.78, 5) is 28.7. The lowest BCUT2D eigenvalue weighted by molar-refractivity contribution is 0.0696. The monoisotopic (exact) mass is 554 g/mol. The van der Waals surface area contributed by atoms with Gasteiger partial charge in [0, 0.05) is 31.3 Å². The summed E-state index contributed by atoms with van der Waals surface area (Å²) in [5.41, 5.74) is 8.74. The van der Waals surface area contributed by atoms with E-state index in [0.717, 1.165) is 47.7 Å². The van der Waals surface area contributed by atoms with E-state index in [4.69, 9.17) is 10.5 Å². The van der Waals surface area contributed by atoms with E-state index >= 15 is 0 Å². The van der Waals surface area contributed by atoms with Crippen LogP contribution in [0.1, 0.15) is 36.0 Å². The second-order valence-electron chi connectivity index (χ2n) is 9.49. The van der Waals surface area contributed by atoms with E-state index in [1.165, 1.54) is 30.1 Å². The van der Waals surface area contributed by atoms with Crippen LogP contribution in [0.15, 0.2) is 45.9 Å². The van der Waals surface area contributed by atoms with Crippen LogP contribution in [0.3, 0.4) is 0 Å². The highest BCUT2D eigenvalue weighted by Crippen LogP contribution is 2.51. The van der Waals surface area contributed by atoms with Gasteiger partial charge >= 0.3 is 5.97 Å². The van der Waals surface area contributed by atoms with Crippen LogP contribution in [0, 0.1) is 5.41 Å². The van der Waals surface area contributed by atoms with Gasteiger partial charge in [-0.25, -0.2) is 14.5 Å². The first-order valence-electron chi connectivity index (χ1n) is 11.7. The first-order chi connectivity index (χ1) is 17.2. The largest absolute Gasteiger partial charge is 0.478 e. The van der Waals surface area contributed by atoms with Crippen LogP contribution in [-0.4, -0.2) is 41.6 Å². The number of hydrogen-bond acceptors (Lipinski definition) is 6. The molecule has 0 radical (unpaired) electrons. The third-order valence-electron chi connectivity index (χ3n) is 6.89. The number of imidazole rings is 1. The Morgan fingerprint density at radius 3 is 2.75 bits per heavy atom. The second-order valence-corrected chi connectivity index (χ2v) is 10.4. The first kappa shape index (κ1) is 24.1. The van der Waals surface area contributed by atoms with Crippen molar-refractivity contribution in [1.82, 2.24) is 23.9 Å². The number of aromatic nitrogens is 5. The van der Waals surface area contributed by atoms with E-state index in [0.29, 0.717) is 24.0 Å². The Balaban J connectivity index is 1.28. The van der Waals surface area contributed by atoms with Gasteiger partial charge in [-0.2, -0.15) is 5.10 Å². The minimum atomic E-state index is -1.10. The zero-order valence-electron chi connectivity index (χ0n) is 20.1. The topological polar surface area (TPSA) is 130 Å². The van der Waals surface area contributed by atoms with Crippen LogP contribution in [0.5, 0.6) is 5.88 Å². The van der Waals surface area contributed by atoms with Crippen LogP contribution in [0.4, 0.5) is 5.95 Å². The predicted octanol–water partition coefficient (Wildman–Crippen LogP) is 3.82. The number of carboxylic acids is 1. The van der Waals surface area contributed by atoms with Crippen molar-refractivity contribution >= 4 is 38.9 Å². The molecule has 3 heterocycles. The fourth-order valence-electron chi connectivity index (χ4n) is 4.70. The number of aromatic carboxylic acids is 1. The fourth-order valence-corrected chi connectivity index (χ4v) is 5.05. The highest BCUT2D eigenvalue weighted by molar-refractivity contribution is 9.10. The lowest BCUT2D eigenvalue weighted by atomic mass is 10.0. The van der Waals surface area contributed by atoms with Gasteiger partial charge in [0.05, 0.1) is 40.5 Å². The highest BCUT2D eigenvalue weighted by atomic mass is 79.9. The standard InChI is InChI=1S/C25H27BrN6O4/c1-30-13-15(23(34)35)10-17(21(30)33)18-12-28-31(2)22(18)36-9-3-6-25(7-8-25)14-32-20-11-16(26)4-5-19(20)29-24(32)27/h4-5,10-13H,3,6-9,14H2,1-2H3,(H2,27,29)(H,34,35). The normalized spacial score (nSPS) is 14.3. The van der Waals surface area contributed by atoms with Crippen LogP contribution >= 0.6 is 15.9 Å². The molecule has 1 saturated carbocycles. The number of hydrogen-bond donors (Lipinski definition) is 2. The molecule has 0 amide bonds. The second kappa shape index (κ2) is 9.12. The summed E-state index contributed by atoms with van der Waals surface area (Å²) >= 11 is 3.53. The average molecular weight is 555 g/mol. The van der Waals surface area contributed by atoms with Crippen molar-refractivity contribution in [2.24, 2.45) is 19.5 Å². The third-order valence-corrected chi connectivity index (χ3v) is 7.38. The van der Waals surface area contributed by atoms with Crippen molar-refractivity contribution in [1.29, 1.82) is 0 Å². The Morgan fingerprint density at radius 2 is 2.03 bits per heavy atom. The summed E-state index contributed by atoms with van der Waals surface area (Å²) < 4.78 is 12.0. The quantitative estimate of drug-likeness (QED) is 0.301. The van der Waals surface area contributed by atoms with E-state index in [2.05, 4.69) is 30.6 Å². The van der Waals surface area contributed by atoms with Gasteiger partial charge in [-0.3, -0.25) is 4.79 Å². The number of carboxylic acid groups (broad SMARTS) is 1. The van der Waals surface area contributed by atoms with Gasteiger partial charge in [-0.15, -0.1) is 0 Å². The Labute approximate surface area is 215 Å². The number of fused-ring (bicyclic) bond motifs is 1. The van der Waals surface area contributed by atoms with Gasteiger partial charge in [0.15, 0.2) is 0 Å². The van der Waals surface area contributed by atoms with Gasteiger partial charge in [-0.1, -0.05) is 15.9 Å². The van der Waals surface area contributed by atoms with Gasteiger partial charge in [0.1, 0.15) is 0 Å². The molecule has 36 heavy (non-hydrogen) atoms. The maximum Gasteiger partial charge on any atom is 0.337 e. The molecular weight excluding hydrogens is 528 g/mol. The van der Waals surface area contributed by atoms with Crippen molar-refractivity contribution in [2.75, 3.05) is 12.3 Å². The lowest BCUT2D eigenvalue weighted by Crippen LogP contribution is -2.20. The third kappa shape index (κ3) is 4.50. The number of rotatable bonds is 9. The molecule has 3 N–H and O–H groups in total. The van der Waals surface area contributed by atoms with Gasteiger partial charge in [-0.05, 0) is 55.4 Å². The summed E-state index contributed by atoms with van der Waals surface area (Å²) in [6.07, 6.45) is 6.85. The fraction of sp³-hybridized carbons (Fsp3) is 0.360. The van der Waals surface area contributed by atoms with E-state index in [1.807, 2.05) is 18.2 Å². The number of nitrogens with zero attached hydrogens (tertiary/aromatic N) is 5. The zero-order chi connectivity index (χ0) is 25.6.